The normalized spacial score (nSPS) is 10.5. The summed E-state index contributed by atoms with van der Waals surface area (Å²) < 4.78 is 18.2. The Hall–Kier alpha value is -1.87. The van der Waals surface area contributed by atoms with Crippen LogP contribution < -0.4 is 4.74 Å². The van der Waals surface area contributed by atoms with Crippen molar-refractivity contribution in [3.63, 3.8) is 0 Å². The minimum absolute atomic E-state index is 0.129. The van der Waals surface area contributed by atoms with Gasteiger partial charge in [-0.25, -0.2) is 4.39 Å². The quantitative estimate of drug-likeness (QED) is 0.895. The fourth-order valence-electron chi connectivity index (χ4n) is 2.06. The Bertz CT molecular complexity index is 535. The number of hydrogen-bond acceptors (Lipinski definition) is 2. The monoisotopic (exact) mass is 260 g/mol. The Kier molecular flexibility index (Phi) is 4.53. The van der Waals surface area contributed by atoms with Crippen molar-refractivity contribution in [3.8, 4) is 5.75 Å². The molecule has 0 heterocycles. The van der Waals surface area contributed by atoms with Crippen LogP contribution in [0.2, 0.25) is 0 Å². The van der Waals surface area contributed by atoms with Gasteiger partial charge in [0, 0.05) is 0 Å². The summed E-state index contributed by atoms with van der Waals surface area (Å²) >= 11 is 0. The summed E-state index contributed by atoms with van der Waals surface area (Å²) in [5.41, 5.74) is 2.84. The van der Waals surface area contributed by atoms with Crippen LogP contribution >= 0.6 is 0 Å². The molecule has 0 bridgehead atoms. The van der Waals surface area contributed by atoms with Crippen molar-refractivity contribution in [2.45, 2.75) is 19.4 Å². The molecule has 2 aromatic rings. The molecule has 0 aromatic heterocycles. The van der Waals surface area contributed by atoms with E-state index >= 15 is 0 Å². The maximum Gasteiger partial charge on any atom is 0.123 e. The van der Waals surface area contributed by atoms with Crippen molar-refractivity contribution in [1.29, 1.82) is 0 Å². The van der Waals surface area contributed by atoms with Crippen molar-refractivity contribution in [1.82, 2.24) is 0 Å². The van der Waals surface area contributed by atoms with E-state index in [-0.39, 0.29) is 12.4 Å². The van der Waals surface area contributed by atoms with E-state index in [0.717, 1.165) is 24.2 Å². The van der Waals surface area contributed by atoms with E-state index in [4.69, 9.17) is 4.74 Å². The molecule has 2 aromatic carbocycles. The van der Waals surface area contributed by atoms with Gasteiger partial charge in [0.05, 0.1) is 13.7 Å². The zero-order chi connectivity index (χ0) is 13.7. The average Bonchev–Trinajstić information content (AvgIpc) is 2.46. The first-order valence-corrected chi connectivity index (χ1v) is 6.24. The molecular formula is C16H17FO2. The van der Waals surface area contributed by atoms with E-state index in [2.05, 4.69) is 0 Å². The van der Waals surface area contributed by atoms with Crippen LogP contribution in [-0.4, -0.2) is 12.2 Å². The molecule has 2 nitrogen and oxygen atoms in total. The van der Waals surface area contributed by atoms with E-state index in [1.807, 2.05) is 24.3 Å². The van der Waals surface area contributed by atoms with Crippen LogP contribution in [0.5, 0.6) is 5.75 Å². The van der Waals surface area contributed by atoms with Gasteiger partial charge in [0.25, 0.3) is 0 Å². The molecule has 0 aliphatic heterocycles. The minimum atomic E-state index is -0.308. The molecular weight excluding hydrogens is 243 g/mol. The first-order chi connectivity index (χ1) is 9.22. The minimum Gasteiger partial charge on any atom is -0.497 e. The maximum atomic E-state index is 13.1. The molecule has 0 amide bonds. The Morgan fingerprint density at radius 1 is 1.00 bits per heavy atom. The number of rotatable bonds is 5. The lowest BCUT2D eigenvalue weighted by atomic mass is 10.00. The standard InChI is InChI=1S/C16H17FO2/c1-19-16-8-3-12(4-9-16)2-5-13-6-7-15(17)10-14(13)11-18/h3-4,6-10,18H,2,5,11H2,1H3. The highest BCUT2D eigenvalue weighted by atomic mass is 19.1. The van der Waals surface area contributed by atoms with Gasteiger partial charge >= 0.3 is 0 Å². The summed E-state index contributed by atoms with van der Waals surface area (Å²) in [6, 6.07) is 12.4. The first-order valence-electron chi connectivity index (χ1n) is 6.24. The topological polar surface area (TPSA) is 29.5 Å². The van der Waals surface area contributed by atoms with Crippen LogP contribution in [0.1, 0.15) is 16.7 Å². The number of hydrogen-bond donors (Lipinski definition) is 1. The summed E-state index contributed by atoms with van der Waals surface area (Å²) in [5.74, 6) is 0.527. The van der Waals surface area contributed by atoms with Crippen LogP contribution in [-0.2, 0) is 19.4 Å². The number of ether oxygens (including phenoxy) is 1. The van der Waals surface area contributed by atoms with E-state index in [0.29, 0.717) is 5.56 Å². The lowest BCUT2D eigenvalue weighted by Gasteiger charge is -2.08. The van der Waals surface area contributed by atoms with Crippen molar-refractivity contribution in [2.75, 3.05) is 7.11 Å². The zero-order valence-electron chi connectivity index (χ0n) is 10.9. The summed E-state index contributed by atoms with van der Waals surface area (Å²) in [6.07, 6.45) is 1.63. The van der Waals surface area contributed by atoms with Crippen LogP contribution in [0, 0.1) is 5.82 Å². The second-order valence-corrected chi connectivity index (χ2v) is 4.42. The Morgan fingerprint density at radius 2 is 1.74 bits per heavy atom. The van der Waals surface area contributed by atoms with Gasteiger partial charge in [-0.3, -0.25) is 0 Å². The largest absolute Gasteiger partial charge is 0.497 e. The van der Waals surface area contributed by atoms with Crippen LogP contribution in [0.4, 0.5) is 4.39 Å². The number of benzene rings is 2. The highest BCUT2D eigenvalue weighted by molar-refractivity contribution is 5.31. The highest BCUT2D eigenvalue weighted by Crippen LogP contribution is 2.16. The molecule has 0 aliphatic carbocycles. The third-order valence-electron chi connectivity index (χ3n) is 3.18. The predicted molar refractivity (Wildman–Crippen MR) is 72.7 cm³/mol. The lowest BCUT2D eigenvalue weighted by molar-refractivity contribution is 0.280. The molecule has 0 fully saturated rings. The predicted octanol–water partition coefficient (Wildman–Crippen LogP) is 3.11. The van der Waals surface area contributed by atoms with Crippen molar-refractivity contribution < 1.29 is 14.2 Å². The molecule has 0 aliphatic rings. The summed E-state index contributed by atoms with van der Waals surface area (Å²) in [6.45, 7) is -0.129. The van der Waals surface area contributed by atoms with Crippen LogP contribution in [0.15, 0.2) is 42.5 Å². The number of methoxy groups -OCH3 is 1. The Balaban J connectivity index is 2.05. The molecule has 0 atom stereocenters. The van der Waals surface area contributed by atoms with E-state index in [1.54, 1.807) is 13.2 Å². The van der Waals surface area contributed by atoms with E-state index in [9.17, 15) is 9.50 Å². The van der Waals surface area contributed by atoms with Crippen LogP contribution in [0.3, 0.4) is 0 Å². The average molecular weight is 260 g/mol. The smallest absolute Gasteiger partial charge is 0.123 e. The molecule has 0 unspecified atom stereocenters. The third kappa shape index (κ3) is 3.55. The molecule has 0 radical (unpaired) electrons. The maximum absolute atomic E-state index is 13.1. The van der Waals surface area contributed by atoms with Gasteiger partial charge in [0.15, 0.2) is 0 Å². The molecule has 0 saturated heterocycles. The summed E-state index contributed by atoms with van der Waals surface area (Å²) in [5, 5.41) is 9.23. The second-order valence-electron chi connectivity index (χ2n) is 4.42. The van der Waals surface area contributed by atoms with Gasteiger partial charge in [-0.05, 0) is 53.8 Å². The molecule has 1 N–H and O–H groups in total. The fraction of sp³-hybridized carbons (Fsp3) is 0.250. The third-order valence-corrected chi connectivity index (χ3v) is 3.18. The summed E-state index contributed by atoms with van der Waals surface area (Å²) in [7, 11) is 1.64. The van der Waals surface area contributed by atoms with Crippen molar-refractivity contribution in [2.24, 2.45) is 0 Å². The molecule has 0 spiro atoms. The van der Waals surface area contributed by atoms with Gasteiger partial charge in [0.1, 0.15) is 11.6 Å². The number of aliphatic hydroxyl groups is 1. The van der Waals surface area contributed by atoms with Gasteiger partial charge in [-0.15, -0.1) is 0 Å². The Morgan fingerprint density at radius 3 is 2.37 bits per heavy atom. The van der Waals surface area contributed by atoms with Gasteiger partial charge in [-0.1, -0.05) is 18.2 Å². The van der Waals surface area contributed by atoms with Crippen molar-refractivity contribution >= 4 is 0 Å². The molecule has 2 rings (SSSR count). The van der Waals surface area contributed by atoms with Crippen LogP contribution in [0.25, 0.3) is 0 Å². The van der Waals surface area contributed by atoms with Crippen molar-refractivity contribution in [3.05, 3.63) is 65.0 Å². The number of aliphatic hydroxyl groups excluding tert-OH is 1. The first kappa shape index (κ1) is 13.6. The highest BCUT2D eigenvalue weighted by Gasteiger charge is 2.04. The molecule has 0 saturated carbocycles. The van der Waals surface area contributed by atoms with E-state index in [1.165, 1.54) is 17.7 Å². The van der Waals surface area contributed by atoms with Gasteiger partial charge in [-0.2, -0.15) is 0 Å². The lowest BCUT2D eigenvalue weighted by Crippen LogP contribution is -1.98. The number of halogens is 1. The fourth-order valence-corrected chi connectivity index (χ4v) is 2.06. The van der Waals surface area contributed by atoms with E-state index < -0.39 is 0 Å². The molecule has 100 valence electrons. The second kappa shape index (κ2) is 6.34. The van der Waals surface area contributed by atoms with Gasteiger partial charge < -0.3 is 9.84 Å². The Labute approximate surface area is 112 Å². The molecule has 19 heavy (non-hydrogen) atoms. The summed E-state index contributed by atoms with van der Waals surface area (Å²) in [4.78, 5) is 0. The molecule has 3 heteroatoms. The zero-order valence-corrected chi connectivity index (χ0v) is 10.9. The van der Waals surface area contributed by atoms with Gasteiger partial charge in [0.2, 0.25) is 0 Å². The number of aryl methyl sites for hydroxylation is 2. The SMILES string of the molecule is COc1ccc(CCc2ccc(F)cc2CO)cc1.